The van der Waals surface area contributed by atoms with Crippen molar-refractivity contribution >= 4 is 28.5 Å². The van der Waals surface area contributed by atoms with Gasteiger partial charge in [0, 0.05) is 0 Å². The van der Waals surface area contributed by atoms with Gasteiger partial charge in [-0.05, 0) is 0 Å². The van der Waals surface area contributed by atoms with E-state index in [0.29, 0.717) is 5.69 Å². The second-order valence-corrected chi connectivity index (χ2v) is 11.2. The Balaban J connectivity index is 2.15. The van der Waals surface area contributed by atoms with E-state index >= 15 is 0 Å². The minimum absolute atomic E-state index is 0.0470. The van der Waals surface area contributed by atoms with Gasteiger partial charge in [-0.15, -0.1) is 0 Å². The van der Waals surface area contributed by atoms with Crippen molar-refractivity contribution in [2.24, 2.45) is 5.14 Å². The first kappa shape index (κ1) is 18.4. The molecular formula is C18H18N4O2SSe. The Morgan fingerprint density at radius 1 is 1.12 bits per heavy atom. The molecule has 1 atom stereocenters. The van der Waals surface area contributed by atoms with Crippen LogP contribution in [0, 0.1) is 17.2 Å². The second kappa shape index (κ2) is 7.06. The summed E-state index contributed by atoms with van der Waals surface area (Å²) in [6.45, 7) is 2.02. The molecule has 2 N–H and O–H groups in total. The second-order valence-electron chi connectivity index (χ2n) is 5.86. The van der Waals surface area contributed by atoms with E-state index in [1.165, 1.54) is 12.1 Å². The van der Waals surface area contributed by atoms with Crippen LogP contribution in [0.5, 0.6) is 0 Å². The minimum atomic E-state index is -3.75. The molecule has 8 heteroatoms. The van der Waals surface area contributed by atoms with Gasteiger partial charge in [0.15, 0.2) is 0 Å². The fraction of sp³-hybridized carbons (Fsp3) is 0.111. The molecule has 0 spiro atoms. The Bertz CT molecular complexity index is 1080. The molecular weight excluding hydrogens is 415 g/mol. The first-order valence-corrected chi connectivity index (χ1v) is 13.0. The molecule has 26 heavy (non-hydrogen) atoms. The van der Waals surface area contributed by atoms with E-state index in [2.05, 4.69) is 10.1 Å². The van der Waals surface area contributed by atoms with E-state index < -0.39 is 23.9 Å². The number of hydrogen-bond donors (Lipinski definition) is 1. The van der Waals surface area contributed by atoms with E-state index in [4.69, 9.17) is 5.14 Å². The number of nitrogens with zero attached hydrogens (tertiary/aromatic N) is 3. The van der Waals surface area contributed by atoms with E-state index in [9.17, 15) is 13.7 Å². The molecule has 2 aromatic carbocycles. The molecule has 1 heterocycles. The van der Waals surface area contributed by atoms with E-state index in [1.807, 2.05) is 43.1 Å². The van der Waals surface area contributed by atoms with Crippen LogP contribution in [0.1, 0.15) is 5.56 Å². The SMILES string of the molecule is Cc1ccc(-c2cc([SeH](C)C#N)nn2-c2ccc(S(N)(=O)=O)cc2)cc1. The zero-order valence-electron chi connectivity index (χ0n) is 14.3. The van der Waals surface area contributed by atoms with Gasteiger partial charge >= 0.3 is 157 Å². The molecule has 0 fully saturated rings. The van der Waals surface area contributed by atoms with Gasteiger partial charge in [-0.2, -0.15) is 0 Å². The fourth-order valence-corrected chi connectivity index (χ4v) is 4.35. The molecule has 1 aromatic heterocycles. The number of aromatic nitrogens is 2. The molecule has 0 aliphatic carbocycles. The van der Waals surface area contributed by atoms with Gasteiger partial charge in [-0.3, -0.25) is 0 Å². The van der Waals surface area contributed by atoms with Crippen molar-refractivity contribution in [2.45, 2.75) is 17.6 Å². The fourth-order valence-electron chi connectivity index (χ4n) is 2.49. The Morgan fingerprint density at radius 3 is 2.27 bits per heavy atom. The van der Waals surface area contributed by atoms with E-state index in [1.54, 1.807) is 16.8 Å². The van der Waals surface area contributed by atoms with Crippen molar-refractivity contribution in [3.8, 4) is 21.9 Å². The Kier molecular flexibility index (Phi) is 4.99. The van der Waals surface area contributed by atoms with Crippen molar-refractivity contribution in [3.05, 3.63) is 60.2 Å². The van der Waals surface area contributed by atoms with Crippen LogP contribution in [0.25, 0.3) is 16.9 Å². The monoisotopic (exact) mass is 434 g/mol. The predicted octanol–water partition coefficient (Wildman–Crippen LogP) is 1.62. The molecule has 3 aromatic rings. The van der Waals surface area contributed by atoms with E-state index in [0.717, 1.165) is 21.4 Å². The molecule has 0 amide bonds. The summed E-state index contributed by atoms with van der Waals surface area (Å²) in [6, 6.07) is 16.2. The van der Waals surface area contributed by atoms with Crippen molar-refractivity contribution in [2.75, 3.05) is 0 Å². The molecule has 0 aliphatic heterocycles. The van der Waals surface area contributed by atoms with Crippen LogP contribution in [0.4, 0.5) is 0 Å². The zero-order valence-corrected chi connectivity index (χ0v) is 17.0. The summed E-state index contributed by atoms with van der Waals surface area (Å²) in [5.41, 5.74) is 3.70. The standard InChI is InChI=1S/C18H18N4O2SSe/c1-13-3-5-14(6-4-13)17-11-18(26(2)12-19)21-22(17)15-7-9-16(10-8-15)25(20,23)24/h3-11,26H,1-2H3,(H2,20,23,24). The third kappa shape index (κ3) is 3.71. The number of sulfonamides is 1. The van der Waals surface area contributed by atoms with Crippen molar-refractivity contribution in [3.63, 3.8) is 0 Å². The molecule has 3 rings (SSSR count). The number of nitriles is 1. The molecule has 0 saturated carbocycles. The van der Waals surface area contributed by atoms with Crippen LogP contribution in [-0.2, 0) is 10.0 Å². The number of aryl methyl sites for hydroxylation is 1. The van der Waals surface area contributed by atoms with Crippen LogP contribution in [0.15, 0.2) is 59.5 Å². The average Bonchev–Trinajstić information content (AvgIpc) is 3.06. The first-order chi connectivity index (χ1) is 12.3. The molecule has 0 radical (unpaired) electrons. The third-order valence-corrected chi connectivity index (χ3v) is 7.41. The maximum absolute atomic E-state index is 11.5. The van der Waals surface area contributed by atoms with Crippen molar-refractivity contribution in [1.82, 2.24) is 9.78 Å². The third-order valence-electron chi connectivity index (χ3n) is 3.95. The molecule has 0 aliphatic rings. The average molecular weight is 433 g/mol. The van der Waals surface area contributed by atoms with Gasteiger partial charge < -0.3 is 0 Å². The van der Waals surface area contributed by atoms with E-state index in [-0.39, 0.29) is 4.90 Å². The number of hydrogen-bond acceptors (Lipinski definition) is 4. The summed E-state index contributed by atoms with van der Waals surface area (Å²) in [7, 11) is -3.75. The molecule has 6 nitrogen and oxygen atoms in total. The van der Waals surface area contributed by atoms with Gasteiger partial charge in [0.05, 0.1) is 0 Å². The Morgan fingerprint density at radius 2 is 1.73 bits per heavy atom. The number of benzene rings is 2. The van der Waals surface area contributed by atoms with Gasteiger partial charge in [0.2, 0.25) is 0 Å². The van der Waals surface area contributed by atoms with Gasteiger partial charge in [-0.25, -0.2) is 0 Å². The summed E-state index contributed by atoms with van der Waals surface area (Å²) in [4.78, 5) is 2.38. The first-order valence-electron chi connectivity index (χ1n) is 7.73. The predicted molar refractivity (Wildman–Crippen MR) is 103 cm³/mol. The summed E-state index contributed by atoms with van der Waals surface area (Å²) >= 11 is -1.85. The van der Waals surface area contributed by atoms with Crippen LogP contribution in [-0.4, -0.2) is 32.1 Å². The maximum atomic E-state index is 11.5. The van der Waals surface area contributed by atoms with Crippen molar-refractivity contribution in [1.29, 1.82) is 5.26 Å². The molecule has 0 saturated heterocycles. The number of rotatable bonds is 4. The quantitative estimate of drug-likeness (QED) is 0.632. The summed E-state index contributed by atoms with van der Waals surface area (Å²) in [5, 5.41) is 19.1. The van der Waals surface area contributed by atoms with Gasteiger partial charge in [-0.1, -0.05) is 0 Å². The Labute approximate surface area is 156 Å². The summed E-state index contributed by atoms with van der Waals surface area (Å²) in [6.07, 6.45) is 0. The molecule has 1 unspecified atom stereocenters. The zero-order chi connectivity index (χ0) is 18.9. The van der Waals surface area contributed by atoms with Crippen LogP contribution < -0.4 is 9.73 Å². The van der Waals surface area contributed by atoms with Crippen molar-refractivity contribution < 1.29 is 8.42 Å². The summed E-state index contributed by atoms with van der Waals surface area (Å²) < 4.78 is 25.5. The Hall–Kier alpha value is -2.43. The van der Waals surface area contributed by atoms with Gasteiger partial charge in [0.25, 0.3) is 0 Å². The number of nitrogens with two attached hydrogens (primary N) is 1. The topological polar surface area (TPSA) is 102 Å². The number of primary sulfonamides is 1. The van der Waals surface area contributed by atoms with Crippen LogP contribution >= 0.6 is 0 Å². The molecule has 0 bridgehead atoms. The van der Waals surface area contributed by atoms with Gasteiger partial charge in [0.1, 0.15) is 0 Å². The summed E-state index contributed by atoms with van der Waals surface area (Å²) in [5.74, 6) is 1.93. The van der Waals surface area contributed by atoms with Crippen LogP contribution in [0.3, 0.4) is 0 Å². The normalized spacial score (nSPS) is 13.2. The molecule has 134 valence electrons. The van der Waals surface area contributed by atoms with Crippen LogP contribution in [0.2, 0.25) is 5.82 Å².